The van der Waals surface area contributed by atoms with E-state index < -0.39 is 5.25 Å². The molecule has 0 aromatic heterocycles. The first-order valence-corrected chi connectivity index (χ1v) is 12.1. The fourth-order valence-corrected chi connectivity index (χ4v) is 4.78. The third kappa shape index (κ3) is 6.26. The summed E-state index contributed by atoms with van der Waals surface area (Å²) in [6.45, 7) is 0.555. The predicted molar refractivity (Wildman–Crippen MR) is 138 cm³/mol. The van der Waals surface area contributed by atoms with Gasteiger partial charge in [0.25, 0.3) is 0 Å². The summed E-state index contributed by atoms with van der Waals surface area (Å²) in [5, 5.41) is 2.91. The van der Waals surface area contributed by atoms with Crippen LogP contribution in [-0.2, 0) is 16.0 Å². The fourth-order valence-electron chi connectivity index (χ4n) is 3.66. The Morgan fingerprint density at radius 1 is 1.03 bits per heavy atom. The number of aliphatic imine (C=N–C) groups is 1. The normalized spacial score (nSPS) is 17.0. The van der Waals surface area contributed by atoms with Gasteiger partial charge >= 0.3 is 0 Å². The molecule has 1 heterocycles. The Bertz CT molecular complexity index is 1130. The monoisotopic (exact) mass is 473 g/mol. The van der Waals surface area contributed by atoms with Gasteiger partial charge < -0.3 is 10.1 Å². The maximum atomic E-state index is 13.1. The molecule has 0 aliphatic carbocycles. The standard InChI is InChI=1S/C27H27N3O3S/c1-33-23-16-14-22(15-17-23)28-26(32)24-19-25(31)30(18-8-11-20-9-4-2-5-10-20)27(34-24)29-21-12-6-3-7-13-21/h2-7,9-10,12-17,24H,8,11,18-19H2,1H3,(H,28,32). The number of hydrogen-bond donors (Lipinski definition) is 1. The van der Waals surface area contributed by atoms with Gasteiger partial charge in [-0.1, -0.05) is 60.3 Å². The number of hydrogen-bond acceptors (Lipinski definition) is 5. The lowest BCUT2D eigenvalue weighted by Crippen LogP contribution is -2.45. The molecule has 1 unspecified atom stereocenters. The maximum absolute atomic E-state index is 13.1. The van der Waals surface area contributed by atoms with E-state index >= 15 is 0 Å². The minimum atomic E-state index is -0.553. The lowest BCUT2D eigenvalue weighted by atomic mass is 10.1. The first-order chi connectivity index (χ1) is 16.6. The van der Waals surface area contributed by atoms with Gasteiger partial charge in [-0.25, -0.2) is 4.99 Å². The number of amidine groups is 1. The van der Waals surface area contributed by atoms with E-state index in [4.69, 9.17) is 9.73 Å². The zero-order valence-corrected chi connectivity index (χ0v) is 19.8. The van der Waals surface area contributed by atoms with Crippen LogP contribution in [0.4, 0.5) is 11.4 Å². The van der Waals surface area contributed by atoms with Crippen LogP contribution in [0.25, 0.3) is 0 Å². The lowest BCUT2D eigenvalue weighted by molar-refractivity contribution is -0.129. The maximum Gasteiger partial charge on any atom is 0.238 e. The van der Waals surface area contributed by atoms with Crippen molar-refractivity contribution in [3.8, 4) is 5.75 Å². The van der Waals surface area contributed by atoms with Crippen molar-refractivity contribution in [1.82, 2.24) is 4.90 Å². The van der Waals surface area contributed by atoms with Crippen molar-refractivity contribution in [1.29, 1.82) is 0 Å². The zero-order chi connectivity index (χ0) is 23.8. The predicted octanol–water partition coefficient (Wildman–Crippen LogP) is 5.29. The smallest absolute Gasteiger partial charge is 0.238 e. The molecular weight excluding hydrogens is 446 g/mol. The second-order valence-electron chi connectivity index (χ2n) is 7.89. The Labute approximate surface area is 204 Å². The molecule has 0 bridgehead atoms. The molecule has 1 N–H and O–H groups in total. The molecule has 7 heteroatoms. The summed E-state index contributed by atoms with van der Waals surface area (Å²) >= 11 is 1.34. The van der Waals surface area contributed by atoms with Crippen LogP contribution in [-0.4, -0.2) is 40.8 Å². The van der Waals surface area contributed by atoms with Crippen molar-refractivity contribution >= 4 is 40.1 Å². The zero-order valence-electron chi connectivity index (χ0n) is 19.0. The Morgan fingerprint density at radius 2 is 1.71 bits per heavy atom. The molecule has 0 saturated carbocycles. The van der Waals surface area contributed by atoms with Crippen LogP contribution < -0.4 is 10.1 Å². The molecule has 1 atom stereocenters. The highest BCUT2D eigenvalue weighted by Crippen LogP contribution is 2.30. The third-order valence-electron chi connectivity index (χ3n) is 5.46. The summed E-state index contributed by atoms with van der Waals surface area (Å²) in [4.78, 5) is 32.6. The number of thioether (sulfide) groups is 1. The number of carbonyl (C=O) groups is 2. The number of anilines is 1. The topological polar surface area (TPSA) is 71.0 Å². The van der Waals surface area contributed by atoms with Gasteiger partial charge in [0.05, 0.1) is 12.8 Å². The molecule has 4 rings (SSSR count). The average Bonchev–Trinajstić information content (AvgIpc) is 2.87. The van der Waals surface area contributed by atoms with Crippen LogP contribution in [0.3, 0.4) is 0 Å². The van der Waals surface area contributed by atoms with E-state index in [0.717, 1.165) is 18.5 Å². The van der Waals surface area contributed by atoms with E-state index in [0.29, 0.717) is 23.1 Å². The van der Waals surface area contributed by atoms with E-state index in [1.807, 2.05) is 48.5 Å². The molecule has 174 valence electrons. The van der Waals surface area contributed by atoms with Crippen LogP contribution in [0.2, 0.25) is 0 Å². The minimum Gasteiger partial charge on any atom is -0.497 e. The molecule has 1 aliphatic heterocycles. The number of methoxy groups -OCH3 is 1. The third-order valence-corrected chi connectivity index (χ3v) is 6.65. The van der Waals surface area contributed by atoms with Gasteiger partial charge in [-0.15, -0.1) is 0 Å². The van der Waals surface area contributed by atoms with E-state index in [9.17, 15) is 9.59 Å². The largest absolute Gasteiger partial charge is 0.497 e. The van der Waals surface area contributed by atoms with Crippen LogP contribution in [0.1, 0.15) is 18.4 Å². The number of benzene rings is 3. The highest BCUT2D eigenvalue weighted by atomic mass is 32.2. The highest BCUT2D eigenvalue weighted by molar-refractivity contribution is 8.15. The number of amides is 2. The van der Waals surface area contributed by atoms with E-state index in [1.54, 1.807) is 36.3 Å². The summed E-state index contributed by atoms with van der Waals surface area (Å²) in [5.41, 5.74) is 2.64. The van der Waals surface area contributed by atoms with Crippen LogP contribution in [0, 0.1) is 0 Å². The fraction of sp³-hybridized carbons (Fsp3) is 0.222. The Morgan fingerprint density at radius 3 is 2.38 bits per heavy atom. The van der Waals surface area contributed by atoms with Gasteiger partial charge in [0.1, 0.15) is 11.0 Å². The van der Waals surface area contributed by atoms with E-state index in [-0.39, 0.29) is 18.2 Å². The van der Waals surface area contributed by atoms with Crippen molar-refractivity contribution in [2.24, 2.45) is 4.99 Å². The van der Waals surface area contributed by atoms with Crippen LogP contribution >= 0.6 is 11.8 Å². The summed E-state index contributed by atoms with van der Waals surface area (Å²) in [5.74, 6) is 0.410. The van der Waals surface area contributed by atoms with Crippen molar-refractivity contribution in [2.45, 2.75) is 24.5 Å². The summed E-state index contributed by atoms with van der Waals surface area (Å²) in [6, 6.07) is 26.8. The van der Waals surface area contributed by atoms with Gasteiger partial charge in [-0.3, -0.25) is 14.5 Å². The first kappa shape index (κ1) is 23.6. The van der Waals surface area contributed by atoms with Crippen molar-refractivity contribution < 1.29 is 14.3 Å². The van der Waals surface area contributed by atoms with Gasteiger partial charge in [-0.05, 0) is 54.8 Å². The summed E-state index contributed by atoms with van der Waals surface area (Å²) in [6.07, 6.45) is 1.81. The first-order valence-electron chi connectivity index (χ1n) is 11.2. The number of ether oxygens (including phenoxy) is 1. The molecule has 3 aromatic carbocycles. The van der Waals surface area contributed by atoms with Gasteiger partial charge in [0.2, 0.25) is 11.8 Å². The minimum absolute atomic E-state index is 0.0867. The quantitative estimate of drug-likeness (QED) is 0.483. The number of aryl methyl sites for hydroxylation is 1. The van der Waals surface area contributed by atoms with E-state index in [2.05, 4.69) is 17.4 Å². The van der Waals surface area contributed by atoms with E-state index in [1.165, 1.54) is 17.3 Å². The summed E-state index contributed by atoms with van der Waals surface area (Å²) < 4.78 is 5.16. The molecular formula is C27H27N3O3S. The number of rotatable bonds is 8. The van der Waals surface area contributed by atoms with Gasteiger partial charge in [-0.2, -0.15) is 0 Å². The molecule has 2 amide bonds. The Hall–Kier alpha value is -3.58. The molecule has 34 heavy (non-hydrogen) atoms. The molecule has 3 aromatic rings. The second-order valence-corrected chi connectivity index (χ2v) is 9.06. The molecule has 1 fully saturated rings. The number of nitrogens with zero attached hydrogens (tertiary/aromatic N) is 2. The molecule has 0 radical (unpaired) electrons. The van der Waals surface area contributed by atoms with Crippen LogP contribution in [0.5, 0.6) is 5.75 Å². The molecule has 6 nitrogen and oxygen atoms in total. The lowest BCUT2D eigenvalue weighted by Gasteiger charge is -2.32. The number of nitrogens with one attached hydrogen (secondary N) is 1. The van der Waals surface area contributed by atoms with Crippen molar-refractivity contribution in [2.75, 3.05) is 19.0 Å². The number of carbonyl (C=O) groups excluding carboxylic acids is 2. The second kappa shape index (κ2) is 11.5. The Kier molecular flexibility index (Phi) is 7.99. The molecule has 1 aliphatic rings. The Balaban J connectivity index is 1.47. The average molecular weight is 474 g/mol. The van der Waals surface area contributed by atoms with Gasteiger partial charge in [0.15, 0.2) is 5.17 Å². The summed E-state index contributed by atoms with van der Waals surface area (Å²) in [7, 11) is 1.59. The SMILES string of the molecule is COc1ccc(NC(=O)C2CC(=O)N(CCCc3ccccc3)C(=Nc3ccccc3)S2)cc1. The highest BCUT2D eigenvalue weighted by Gasteiger charge is 2.35. The number of para-hydroxylation sites is 1. The molecule has 1 saturated heterocycles. The van der Waals surface area contributed by atoms with Crippen LogP contribution in [0.15, 0.2) is 89.9 Å². The molecule has 0 spiro atoms. The van der Waals surface area contributed by atoms with Gasteiger partial charge in [0, 0.05) is 18.7 Å². The van der Waals surface area contributed by atoms with Crippen molar-refractivity contribution in [3.63, 3.8) is 0 Å². The van der Waals surface area contributed by atoms with Crippen molar-refractivity contribution in [3.05, 3.63) is 90.5 Å².